The Morgan fingerprint density at radius 1 is 1.36 bits per heavy atom. The van der Waals surface area contributed by atoms with Crippen molar-refractivity contribution in [1.82, 2.24) is 20.0 Å². The highest BCUT2D eigenvalue weighted by Gasteiger charge is 2.32. The van der Waals surface area contributed by atoms with E-state index in [0.717, 1.165) is 32.1 Å². The van der Waals surface area contributed by atoms with Crippen molar-refractivity contribution in [3.05, 3.63) is 18.5 Å². The zero-order chi connectivity index (χ0) is 15.3. The van der Waals surface area contributed by atoms with E-state index >= 15 is 0 Å². The van der Waals surface area contributed by atoms with Crippen LogP contribution in [0.15, 0.2) is 18.5 Å². The van der Waals surface area contributed by atoms with Gasteiger partial charge < -0.3 is 20.1 Å². The molecule has 2 N–H and O–H groups in total. The number of piperidine rings is 1. The predicted molar refractivity (Wildman–Crippen MR) is 84.6 cm³/mol. The zero-order valence-electron chi connectivity index (χ0n) is 13.3. The van der Waals surface area contributed by atoms with E-state index in [-0.39, 0.29) is 0 Å². The smallest absolute Gasteiger partial charge is 0.113 e. The maximum absolute atomic E-state index is 10.7. The lowest BCUT2D eigenvalue weighted by Gasteiger charge is -2.37. The second-order valence-electron chi connectivity index (χ2n) is 6.73. The first-order chi connectivity index (χ1) is 10.7. The third-order valence-electron chi connectivity index (χ3n) is 4.80. The molecule has 3 rings (SSSR count). The van der Waals surface area contributed by atoms with Crippen LogP contribution >= 0.6 is 0 Å². The molecule has 22 heavy (non-hydrogen) atoms. The van der Waals surface area contributed by atoms with Gasteiger partial charge in [0.2, 0.25) is 0 Å². The Bertz CT molecular complexity index is 421. The highest BCUT2D eigenvalue weighted by atomic mass is 16.5. The lowest BCUT2D eigenvalue weighted by molar-refractivity contribution is -0.0535. The summed E-state index contributed by atoms with van der Waals surface area (Å²) < 4.78 is 7.52. The summed E-state index contributed by atoms with van der Waals surface area (Å²) in [6, 6.07) is 1.98. The standard InChI is InChI=1S/C16H28N4O2/c21-16(12-17-6-11-22-14-16)13-19-8-2-15(3-9-19)4-10-20-7-1-5-18-20/h1,5,7,15,17,21H,2-4,6,8-14H2/t16-/m0/s1. The molecule has 2 fully saturated rings. The largest absolute Gasteiger partial charge is 0.385 e. The maximum atomic E-state index is 10.7. The lowest BCUT2D eigenvalue weighted by Crippen LogP contribution is -2.52. The number of β-amino-alcohol motifs (C(OH)–C–C–N with tert-alkyl or cyclic N) is 1. The summed E-state index contributed by atoms with van der Waals surface area (Å²) in [5.41, 5.74) is -0.738. The molecule has 2 aliphatic heterocycles. The highest BCUT2D eigenvalue weighted by Crippen LogP contribution is 2.22. The molecule has 6 heteroatoms. The van der Waals surface area contributed by atoms with Crippen molar-refractivity contribution in [2.24, 2.45) is 5.92 Å². The zero-order valence-corrected chi connectivity index (χ0v) is 13.3. The monoisotopic (exact) mass is 308 g/mol. The molecule has 0 amide bonds. The Morgan fingerprint density at radius 3 is 3.00 bits per heavy atom. The van der Waals surface area contributed by atoms with Gasteiger partial charge in [-0.25, -0.2) is 0 Å². The average Bonchev–Trinajstić information content (AvgIpc) is 2.95. The predicted octanol–water partition coefficient (Wildman–Crippen LogP) is 0.336. The fourth-order valence-corrected chi connectivity index (χ4v) is 3.48. The molecule has 3 heterocycles. The molecule has 1 atom stereocenters. The molecule has 0 bridgehead atoms. The normalized spacial score (nSPS) is 28.6. The van der Waals surface area contributed by atoms with Crippen molar-refractivity contribution in [1.29, 1.82) is 0 Å². The molecule has 6 nitrogen and oxygen atoms in total. The van der Waals surface area contributed by atoms with Crippen molar-refractivity contribution >= 4 is 0 Å². The second-order valence-corrected chi connectivity index (χ2v) is 6.73. The van der Waals surface area contributed by atoms with Crippen LogP contribution in [0, 0.1) is 5.92 Å². The molecular formula is C16H28N4O2. The molecule has 2 saturated heterocycles. The van der Waals surface area contributed by atoms with Crippen LogP contribution in [0.3, 0.4) is 0 Å². The molecule has 0 aliphatic carbocycles. The minimum atomic E-state index is -0.738. The number of aryl methyl sites for hydroxylation is 1. The first-order valence-electron chi connectivity index (χ1n) is 8.44. The van der Waals surface area contributed by atoms with E-state index in [1.807, 2.05) is 23.1 Å². The van der Waals surface area contributed by atoms with Crippen LogP contribution in [0.25, 0.3) is 0 Å². The van der Waals surface area contributed by atoms with Crippen LogP contribution in [-0.2, 0) is 11.3 Å². The van der Waals surface area contributed by atoms with Gasteiger partial charge in [0.1, 0.15) is 5.60 Å². The third-order valence-corrected chi connectivity index (χ3v) is 4.80. The maximum Gasteiger partial charge on any atom is 0.113 e. The molecule has 0 spiro atoms. The number of nitrogens with one attached hydrogen (secondary N) is 1. The van der Waals surface area contributed by atoms with Crippen molar-refractivity contribution in [3.8, 4) is 0 Å². The van der Waals surface area contributed by atoms with Crippen LogP contribution < -0.4 is 5.32 Å². The first kappa shape index (κ1) is 15.9. The SMILES string of the molecule is O[C@]1(CN2CCC(CCn3cccn3)CC2)CNCCOC1. The highest BCUT2D eigenvalue weighted by molar-refractivity contribution is 4.88. The fourth-order valence-electron chi connectivity index (χ4n) is 3.48. The summed E-state index contributed by atoms with van der Waals surface area (Å²) in [4.78, 5) is 2.39. The van der Waals surface area contributed by atoms with E-state index in [1.54, 1.807) is 0 Å². The molecule has 124 valence electrons. The summed E-state index contributed by atoms with van der Waals surface area (Å²) in [5, 5.41) is 18.2. The molecule has 0 saturated carbocycles. The van der Waals surface area contributed by atoms with Crippen molar-refractivity contribution < 1.29 is 9.84 Å². The topological polar surface area (TPSA) is 62.5 Å². The van der Waals surface area contributed by atoms with Gasteiger partial charge in [0.05, 0.1) is 13.2 Å². The number of nitrogens with zero attached hydrogens (tertiary/aromatic N) is 3. The van der Waals surface area contributed by atoms with E-state index in [1.165, 1.54) is 19.3 Å². The number of hydrogen-bond acceptors (Lipinski definition) is 5. The van der Waals surface area contributed by atoms with Crippen LogP contribution in [0.1, 0.15) is 19.3 Å². The Kier molecular flexibility index (Phi) is 5.46. The molecule has 1 aromatic heterocycles. The number of ether oxygens (including phenoxy) is 1. The van der Waals surface area contributed by atoms with Gasteiger partial charge in [0.25, 0.3) is 0 Å². The Morgan fingerprint density at radius 2 is 2.23 bits per heavy atom. The number of aromatic nitrogens is 2. The number of rotatable bonds is 5. The molecule has 2 aliphatic rings. The second kappa shape index (κ2) is 7.55. The molecule has 1 aromatic rings. The molecule has 0 unspecified atom stereocenters. The Labute approximate surface area is 132 Å². The quantitative estimate of drug-likeness (QED) is 0.821. The van der Waals surface area contributed by atoms with Crippen molar-refractivity contribution in [3.63, 3.8) is 0 Å². The summed E-state index contributed by atoms with van der Waals surface area (Å²) in [5.74, 6) is 0.776. The van der Waals surface area contributed by atoms with Gasteiger partial charge in [0, 0.05) is 38.6 Å². The van der Waals surface area contributed by atoms with Crippen LogP contribution in [0.2, 0.25) is 0 Å². The van der Waals surface area contributed by atoms with Gasteiger partial charge in [-0.1, -0.05) is 0 Å². The van der Waals surface area contributed by atoms with Crippen LogP contribution in [-0.4, -0.2) is 71.3 Å². The van der Waals surface area contributed by atoms with Crippen molar-refractivity contribution in [2.75, 3.05) is 45.9 Å². The molecular weight excluding hydrogens is 280 g/mol. The van der Waals surface area contributed by atoms with E-state index in [2.05, 4.69) is 15.3 Å². The molecule has 0 radical (unpaired) electrons. The minimum Gasteiger partial charge on any atom is -0.385 e. The average molecular weight is 308 g/mol. The van der Waals surface area contributed by atoms with Gasteiger partial charge >= 0.3 is 0 Å². The minimum absolute atomic E-state index is 0.444. The number of likely N-dealkylation sites (tertiary alicyclic amines) is 1. The van der Waals surface area contributed by atoms with E-state index in [0.29, 0.717) is 26.3 Å². The lowest BCUT2D eigenvalue weighted by atomic mass is 9.92. The fraction of sp³-hybridized carbons (Fsp3) is 0.812. The summed E-state index contributed by atoms with van der Waals surface area (Å²) in [6.45, 7) is 6.48. The van der Waals surface area contributed by atoms with Crippen molar-refractivity contribution in [2.45, 2.75) is 31.4 Å². The van der Waals surface area contributed by atoms with Gasteiger partial charge in [-0.05, 0) is 44.3 Å². The summed E-state index contributed by atoms with van der Waals surface area (Å²) in [6.07, 6.45) is 7.50. The van der Waals surface area contributed by atoms with E-state index in [4.69, 9.17) is 4.74 Å². The van der Waals surface area contributed by atoms with Gasteiger partial charge in [-0.3, -0.25) is 4.68 Å². The Balaban J connectivity index is 1.39. The van der Waals surface area contributed by atoms with E-state index < -0.39 is 5.60 Å². The summed E-state index contributed by atoms with van der Waals surface area (Å²) >= 11 is 0. The number of aliphatic hydroxyl groups is 1. The number of hydrogen-bond donors (Lipinski definition) is 2. The third kappa shape index (κ3) is 4.52. The van der Waals surface area contributed by atoms with Gasteiger partial charge in [-0.15, -0.1) is 0 Å². The van der Waals surface area contributed by atoms with Crippen LogP contribution in [0.4, 0.5) is 0 Å². The van der Waals surface area contributed by atoms with Gasteiger partial charge in [0.15, 0.2) is 0 Å². The Hall–Kier alpha value is -0.950. The van der Waals surface area contributed by atoms with Gasteiger partial charge in [-0.2, -0.15) is 5.10 Å². The summed E-state index contributed by atoms with van der Waals surface area (Å²) in [7, 11) is 0. The molecule has 0 aromatic carbocycles. The van der Waals surface area contributed by atoms with Crippen LogP contribution in [0.5, 0.6) is 0 Å². The first-order valence-corrected chi connectivity index (χ1v) is 8.44. The van der Waals surface area contributed by atoms with E-state index in [9.17, 15) is 5.11 Å².